The van der Waals surface area contributed by atoms with Crippen LogP contribution in [0.2, 0.25) is 0 Å². The molecule has 1 atom stereocenters. The molecule has 1 aromatic heterocycles. The summed E-state index contributed by atoms with van der Waals surface area (Å²) in [6.07, 6.45) is 2.12. The number of thioether (sulfide) groups is 1. The van der Waals surface area contributed by atoms with Crippen LogP contribution in [-0.2, 0) is 5.41 Å². The van der Waals surface area contributed by atoms with Gasteiger partial charge in [-0.15, -0.1) is 0 Å². The van der Waals surface area contributed by atoms with Crippen LogP contribution in [0.4, 0.5) is 11.6 Å². The zero-order chi connectivity index (χ0) is 14.6. The molecule has 0 saturated carbocycles. The molecule has 0 spiro atoms. The molecule has 1 heterocycles. The van der Waals surface area contributed by atoms with Gasteiger partial charge in [0.2, 0.25) is 0 Å². The van der Waals surface area contributed by atoms with Gasteiger partial charge in [-0.3, -0.25) is 0 Å². The van der Waals surface area contributed by atoms with Gasteiger partial charge in [0.05, 0.1) is 0 Å². The molecule has 1 aromatic rings. The van der Waals surface area contributed by atoms with E-state index < -0.39 is 0 Å². The molecule has 2 N–H and O–H groups in total. The van der Waals surface area contributed by atoms with E-state index in [9.17, 15) is 0 Å². The van der Waals surface area contributed by atoms with Crippen LogP contribution in [0, 0.1) is 6.92 Å². The summed E-state index contributed by atoms with van der Waals surface area (Å²) in [5.41, 5.74) is 1.02. The second-order valence-corrected chi connectivity index (χ2v) is 7.07. The second kappa shape index (κ2) is 6.46. The van der Waals surface area contributed by atoms with Crippen molar-refractivity contribution < 1.29 is 0 Å². The first kappa shape index (κ1) is 16.1. The van der Waals surface area contributed by atoms with Crippen molar-refractivity contribution in [3.05, 3.63) is 11.4 Å². The number of anilines is 2. The van der Waals surface area contributed by atoms with Crippen molar-refractivity contribution in [3.8, 4) is 0 Å². The number of hydrogen-bond donors (Lipinski definition) is 2. The van der Waals surface area contributed by atoms with Crippen molar-refractivity contribution in [2.45, 2.75) is 45.3 Å². The summed E-state index contributed by atoms with van der Waals surface area (Å²) >= 11 is 1.85. The Labute approximate surface area is 121 Å². The van der Waals surface area contributed by atoms with Crippen LogP contribution < -0.4 is 10.6 Å². The fourth-order valence-electron chi connectivity index (χ4n) is 1.59. The molecule has 0 radical (unpaired) electrons. The Morgan fingerprint density at radius 2 is 1.79 bits per heavy atom. The summed E-state index contributed by atoms with van der Waals surface area (Å²) in [5, 5.41) is 7.15. The highest BCUT2D eigenvalue weighted by Crippen LogP contribution is 2.26. The predicted molar refractivity (Wildman–Crippen MR) is 86.5 cm³/mol. The minimum Gasteiger partial charge on any atom is -0.373 e. The van der Waals surface area contributed by atoms with Gasteiger partial charge in [0.15, 0.2) is 0 Å². The summed E-state index contributed by atoms with van der Waals surface area (Å²) in [6.45, 7) is 11.6. The molecule has 0 aliphatic rings. The van der Waals surface area contributed by atoms with Crippen LogP contribution in [0.1, 0.15) is 39.1 Å². The maximum atomic E-state index is 4.69. The van der Waals surface area contributed by atoms with Crippen molar-refractivity contribution >= 4 is 23.4 Å². The molecule has 108 valence electrons. The van der Waals surface area contributed by atoms with Crippen LogP contribution in [0.15, 0.2) is 0 Å². The number of nitrogens with one attached hydrogen (secondary N) is 2. The van der Waals surface area contributed by atoms with E-state index in [2.05, 4.69) is 54.6 Å². The SMILES string of the molecule is CNc1nc(C(C)(C)C)nc(NCC(C)SC)c1C. The summed E-state index contributed by atoms with van der Waals surface area (Å²) in [7, 11) is 1.90. The van der Waals surface area contributed by atoms with E-state index in [0.717, 1.165) is 29.6 Å². The Bertz CT molecular complexity index is 426. The molecule has 0 aliphatic heterocycles. The Kier molecular flexibility index (Phi) is 5.47. The molecule has 0 saturated heterocycles. The van der Waals surface area contributed by atoms with Crippen molar-refractivity contribution in [1.29, 1.82) is 0 Å². The molecule has 0 fully saturated rings. The van der Waals surface area contributed by atoms with E-state index in [1.807, 2.05) is 25.7 Å². The topological polar surface area (TPSA) is 49.8 Å². The van der Waals surface area contributed by atoms with Gasteiger partial charge in [0.1, 0.15) is 17.5 Å². The first-order valence-corrected chi connectivity index (χ1v) is 7.92. The van der Waals surface area contributed by atoms with E-state index in [1.54, 1.807) is 0 Å². The van der Waals surface area contributed by atoms with Crippen LogP contribution in [0.3, 0.4) is 0 Å². The van der Waals surface area contributed by atoms with E-state index in [4.69, 9.17) is 0 Å². The zero-order valence-corrected chi connectivity index (χ0v) is 13.9. The third-order valence-corrected chi connectivity index (χ3v) is 3.98. The highest BCUT2D eigenvalue weighted by atomic mass is 32.2. The van der Waals surface area contributed by atoms with Crippen molar-refractivity contribution in [2.24, 2.45) is 0 Å². The fourth-order valence-corrected chi connectivity index (χ4v) is 1.84. The van der Waals surface area contributed by atoms with Crippen molar-refractivity contribution in [1.82, 2.24) is 9.97 Å². The molecular weight excluding hydrogens is 256 g/mol. The highest BCUT2D eigenvalue weighted by Gasteiger charge is 2.20. The minimum absolute atomic E-state index is 0.0547. The molecule has 0 amide bonds. The van der Waals surface area contributed by atoms with E-state index in [0.29, 0.717) is 5.25 Å². The Morgan fingerprint density at radius 3 is 2.26 bits per heavy atom. The Morgan fingerprint density at radius 1 is 1.21 bits per heavy atom. The van der Waals surface area contributed by atoms with Crippen LogP contribution in [0.25, 0.3) is 0 Å². The van der Waals surface area contributed by atoms with E-state index >= 15 is 0 Å². The molecule has 1 unspecified atom stereocenters. The number of nitrogens with zero attached hydrogens (tertiary/aromatic N) is 2. The smallest absolute Gasteiger partial charge is 0.138 e. The van der Waals surface area contributed by atoms with Gasteiger partial charge in [-0.05, 0) is 13.2 Å². The molecule has 0 aromatic carbocycles. The average Bonchev–Trinajstić information content (AvgIpc) is 2.35. The highest BCUT2D eigenvalue weighted by molar-refractivity contribution is 7.99. The summed E-state index contributed by atoms with van der Waals surface area (Å²) < 4.78 is 0. The fraction of sp³-hybridized carbons (Fsp3) is 0.714. The van der Waals surface area contributed by atoms with Crippen LogP contribution >= 0.6 is 11.8 Å². The van der Waals surface area contributed by atoms with Gasteiger partial charge in [-0.2, -0.15) is 11.8 Å². The minimum atomic E-state index is -0.0547. The van der Waals surface area contributed by atoms with E-state index in [1.165, 1.54) is 0 Å². The van der Waals surface area contributed by atoms with Crippen LogP contribution in [0.5, 0.6) is 0 Å². The van der Waals surface area contributed by atoms with Gasteiger partial charge in [0, 0.05) is 29.8 Å². The molecule has 19 heavy (non-hydrogen) atoms. The van der Waals surface area contributed by atoms with Crippen LogP contribution in [-0.4, -0.2) is 35.1 Å². The zero-order valence-electron chi connectivity index (χ0n) is 13.1. The van der Waals surface area contributed by atoms with Crippen molar-refractivity contribution in [3.63, 3.8) is 0 Å². The number of rotatable bonds is 5. The van der Waals surface area contributed by atoms with Gasteiger partial charge in [0.25, 0.3) is 0 Å². The quantitative estimate of drug-likeness (QED) is 0.868. The monoisotopic (exact) mass is 282 g/mol. The molecule has 4 nitrogen and oxygen atoms in total. The molecule has 0 aliphatic carbocycles. The molecule has 5 heteroatoms. The van der Waals surface area contributed by atoms with Gasteiger partial charge in [-0.1, -0.05) is 27.7 Å². The van der Waals surface area contributed by atoms with E-state index in [-0.39, 0.29) is 5.41 Å². The summed E-state index contributed by atoms with van der Waals surface area (Å²) in [4.78, 5) is 9.29. The molecule has 1 rings (SSSR count). The van der Waals surface area contributed by atoms with Gasteiger partial charge < -0.3 is 10.6 Å². The number of hydrogen-bond acceptors (Lipinski definition) is 5. The maximum Gasteiger partial charge on any atom is 0.138 e. The lowest BCUT2D eigenvalue weighted by Gasteiger charge is -2.21. The standard InChI is InChI=1S/C14H26N4S/c1-9(19-7)8-16-12-10(2)11(15-6)17-13(18-12)14(3,4)5/h9H,8H2,1-7H3,(H2,15,16,17,18). The lowest BCUT2D eigenvalue weighted by atomic mass is 9.95. The van der Waals surface area contributed by atoms with Crippen molar-refractivity contribution in [2.75, 3.05) is 30.5 Å². The van der Waals surface area contributed by atoms with Gasteiger partial charge in [-0.25, -0.2) is 9.97 Å². The largest absolute Gasteiger partial charge is 0.373 e. The summed E-state index contributed by atoms with van der Waals surface area (Å²) in [5.74, 6) is 2.70. The third kappa shape index (κ3) is 4.27. The summed E-state index contributed by atoms with van der Waals surface area (Å²) in [6, 6.07) is 0. The second-order valence-electron chi connectivity index (χ2n) is 5.80. The van der Waals surface area contributed by atoms with Gasteiger partial charge >= 0.3 is 0 Å². The Hall–Kier alpha value is -0.970. The lowest BCUT2D eigenvalue weighted by Crippen LogP contribution is -2.21. The normalized spacial score (nSPS) is 13.2. The lowest BCUT2D eigenvalue weighted by molar-refractivity contribution is 0.546. The Balaban J connectivity index is 3.08. The first-order valence-electron chi connectivity index (χ1n) is 6.63. The predicted octanol–water partition coefficient (Wildman–Crippen LogP) is 3.29. The average molecular weight is 282 g/mol. The number of aromatic nitrogens is 2. The first-order chi connectivity index (χ1) is 8.79. The maximum absolute atomic E-state index is 4.69. The molecular formula is C14H26N4S. The molecule has 0 bridgehead atoms. The third-order valence-electron chi connectivity index (χ3n) is 3.01.